The predicted octanol–water partition coefficient (Wildman–Crippen LogP) is 3.65. The largest absolute Gasteiger partial charge is 0.342 e. The minimum Gasteiger partial charge on any atom is -0.342 e. The van der Waals surface area contributed by atoms with Gasteiger partial charge in [0.25, 0.3) is 0 Å². The molecule has 0 aliphatic carbocycles. The van der Waals surface area contributed by atoms with Gasteiger partial charge in [-0.05, 0) is 25.0 Å². The summed E-state index contributed by atoms with van der Waals surface area (Å²) in [5.74, 6) is 1.28. The quantitative estimate of drug-likeness (QED) is 0.884. The highest BCUT2D eigenvalue weighted by molar-refractivity contribution is 7.91. The first kappa shape index (κ1) is 15.0. The summed E-state index contributed by atoms with van der Waals surface area (Å²) in [6.07, 6.45) is 5.64. The highest BCUT2D eigenvalue weighted by atomic mass is 32.2. The predicted molar refractivity (Wildman–Crippen MR) is 81.8 cm³/mol. The Morgan fingerprint density at radius 3 is 2.65 bits per heavy atom. The molecule has 0 fully saturated rings. The summed E-state index contributed by atoms with van der Waals surface area (Å²) in [7, 11) is -3.25. The molecule has 0 spiro atoms. The SMILES string of the molecule is CCCCC(CC)c1nc2c(S(C)(=O)=O)cccc2[nH]1. The molecule has 1 aromatic carbocycles. The van der Waals surface area contributed by atoms with E-state index in [0.717, 1.165) is 37.0 Å². The number of benzene rings is 1. The molecule has 1 N–H and O–H groups in total. The maximum atomic E-state index is 11.8. The molecule has 2 aromatic rings. The zero-order valence-corrected chi connectivity index (χ0v) is 13.1. The summed E-state index contributed by atoms with van der Waals surface area (Å²) in [4.78, 5) is 8.17. The molecular formula is C15H22N2O2S. The van der Waals surface area contributed by atoms with Crippen LogP contribution in [0.4, 0.5) is 0 Å². The molecule has 1 atom stereocenters. The van der Waals surface area contributed by atoms with E-state index in [1.54, 1.807) is 12.1 Å². The fourth-order valence-electron chi connectivity index (χ4n) is 2.50. The molecule has 0 saturated carbocycles. The van der Waals surface area contributed by atoms with Crippen LogP contribution in [0.15, 0.2) is 23.1 Å². The average Bonchev–Trinajstić information content (AvgIpc) is 2.81. The Morgan fingerprint density at radius 1 is 1.30 bits per heavy atom. The number of nitrogens with zero attached hydrogens (tertiary/aromatic N) is 1. The van der Waals surface area contributed by atoms with Gasteiger partial charge in [0.1, 0.15) is 11.3 Å². The molecule has 0 radical (unpaired) electrons. The van der Waals surface area contributed by atoms with Gasteiger partial charge < -0.3 is 4.98 Å². The van der Waals surface area contributed by atoms with Crippen molar-refractivity contribution in [1.29, 1.82) is 0 Å². The van der Waals surface area contributed by atoms with Crippen molar-refractivity contribution in [3.8, 4) is 0 Å². The molecular weight excluding hydrogens is 272 g/mol. The van der Waals surface area contributed by atoms with Crippen molar-refractivity contribution in [2.24, 2.45) is 0 Å². The molecule has 2 rings (SSSR count). The summed E-state index contributed by atoms with van der Waals surface area (Å²) in [5.41, 5.74) is 1.37. The zero-order valence-electron chi connectivity index (χ0n) is 12.3. The van der Waals surface area contributed by atoms with Crippen LogP contribution in [0, 0.1) is 0 Å². The fourth-order valence-corrected chi connectivity index (χ4v) is 3.33. The van der Waals surface area contributed by atoms with Crippen LogP contribution in [-0.2, 0) is 9.84 Å². The smallest absolute Gasteiger partial charge is 0.177 e. The van der Waals surface area contributed by atoms with Crippen molar-refractivity contribution in [3.63, 3.8) is 0 Å². The topological polar surface area (TPSA) is 62.8 Å². The van der Waals surface area contributed by atoms with Crippen LogP contribution in [0.25, 0.3) is 11.0 Å². The maximum Gasteiger partial charge on any atom is 0.177 e. The molecule has 1 aromatic heterocycles. The highest BCUT2D eigenvalue weighted by Crippen LogP contribution is 2.28. The van der Waals surface area contributed by atoms with Gasteiger partial charge in [-0.2, -0.15) is 0 Å². The van der Waals surface area contributed by atoms with Gasteiger partial charge in [-0.3, -0.25) is 0 Å². The Morgan fingerprint density at radius 2 is 2.05 bits per heavy atom. The van der Waals surface area contributed by atoms with E-state index in [9.17, 15) is 8.42 Å². The van der Waals surface area contributed by atoms with Gasteiger partial charge in [-0.1, -0.05) is 32.8 Å². The number of hydrogen-bond donors (Lipinski definition) is 1. The molecule has 0 aliphatic heterocycles. The van der Waals surface area contributed by atoms with Crippen molar-refractivity contribution in [2.45, 2.75) is 50.3 Å². The fraction of sp³-hybridized carbons (Fsp3) is 0.533. The van der Waals surface area contributed by atoms with Gasteiger partial charge in [-0.25, -0.2) is 13.4 Å². The van der Waals surface area contributed by atoms with Crippen LogP contribution in [-0.4, -0.2) is 24.6 Å². The van der Waals surface area contributed by atoms with Crippen LogP contribution in [0.5, 0.6) is 0 Å². The van der Waals surface area contributed by atoms with E-state index in [2.05, 4.69) is 23.8 Å². The number of rotatable bonds is 6. The molecule has 5 heteroatoms. The summed E-state index contributed by atoms with van der Waals surface area (Å²) in [5, 5.41) is 0. The maximum absolute atomic E-state index is 11.8. The van der Waals surface area contributed by atoms with Crippen molar-refractivity contribution in [3.05, 3.63) is 24.0 Å². The molecule has 0 saturated heterocycles. The summed E-state index contributed by atoms with van der Waals surface area (Å²) < 4.78 is 23.6. The Bertz CT molecular complexity index is 689. The number of aromatic amines is 1. The summed E-state index contributed by atoms with van der Waals surface area (Å²) in [6.45, 7) is 4.32. The average molecular weight is 294 g/mol. The molecule has 1 heterocycles. The molecule has 0 aliphatic rings. The zero-order chi connectivity index (χ0) is 14.8. The lowest BCUT2D eigenvalue weighted by molar-refractivity contribution is 0.549. The number of H-pyrrole nitrogens is 1. The van der Waals surface area contributed by atoms with Gasteiger partial charge in [0.2, 0.25) is 0 Å². The van der Waals surface area contributed by atoms with E-state index in [4.69, 9.17) is 0 Å². The second-order valence-electron chi connectivity index (χ2n) is 5.29. The number of fused-ring (bicyclic) bond motifs is 1. The lowest BCUT2D eigenvalue weighted by Crippen LogP contribution is -2.00. The lowest BCUT2D eigenvalue weighted by atomic mass is 9.99. The monoisotopic (exact) mass is 294 g/mol. The van der Waals surface area contributed by atoms with Gasteiger partial charge in [0.15, 0.2) is 9.84 Å². The number of nitrogens with one attached hydrogen (secondary N) is 1. The van der Waals surface area contributed by atoms with Crippen molar-refractivity contribution < 1.29 is 8.42 Å². The van der Waals surface area contributed by atoms with E-state index in [-0.39, 0.29) is 0 Å². The minimum absolute atomic E-state index is 0.308. The minimum atomic E-state index is -3.25. The van der Waals surface area contributed by atoms with Crippen molar-refractivity contribution >= 4 is 20.9 Å². The lowest BCUT2D eigenvalue weighted by Gasteiger charge is -2.10. The summed E-state index contributed by atoms with van der Waals surface area (Å²) >= 11 is 0. The second-order valence-corrected chi connectivity index (χ2v) is 7.28. The van der Waals surface area contributed by atoms with Crippen LogP contribution in [0.1, 0.15) is 51.3 Å². The first-order chi connectivity index (χ1) is 9.47. The molecule has 0 amide bonds. The number of imidazole rings is 1. The summed E-state index contributed by atoms with van der Waals surface area (Å²) in [6, 6.07) is 5.26. The Hall–Kier alpha value is -1.36. The molecule has 1 unspecified atom stereocenters. The third kappa shape index (κ3) is 3.03. The Balaban J connectivity index is 2.48. The number of unbranched alkanes of at least 4 members (excludes halogenated alkanes) is 1. The van der Waals surface area contributed by atoms with E-state index >= 15 is 0 Å². The van der Waals surface area contributed by atoms with Gasteiger partial charge >= 0.3 is 0 Å². The number of hydrogen-bond acceptors (Lipinski definition) is 3. The molecule has 4 nitrogen and oxygen atoms in total. The second kappa shape index (κ2) is 5.95. The number of para-hydroxylation sites is 1. The van der Waals surface area contributed by atoms with Gasteiger partial charge in [0, 0.05) is 12.2 Å². The Kier molecular flexibility index (Phi) is 4.48. The number of sulfone groups is 1. The standard InChI is InChI=1S/C15H22N2O2S/c1-4-6-8-11(5-2)15-16-12-9-7-10-13(14(12)17-15)20(3,18)19/h7,9-11H,4-6,8H2,1-3H3,(H,16,17). The third-order valence-corrected chi connectivity index (χ3v) is 4.81. The third-order valence-electron chi connectivity index (χ3n) is 3.68. The van der Waals surface area contributed by atoms with E-state index < -0.39 is 9.84 Å². The molecule has 20 heavy (non-hydrogen) atoms. The highest BCUT2D eigenvalue weighted by Gasteiger charge is 2.18. The number of aromatic nitrogens is 2. The molecule has 0 bridgehead atoms. The first-order valence-corrected chi connectivity index (χ1v) is 9.05. The van der Waals surface area contributed by atoms with E-state index in [1.165, 1.54) is 6.26 Å². The van der Waals surface area contributed by atoms with Crippen molar-refractivity contribution in [2.75, 3.05) is 6.26 Å². The van der Waals surface area contributed by atoms with E-state index in [1.807, 2.05) is 6.07 Å². The molecule has 110 valence electrons. The van der Waals surface area contributed by atoms with E-state index in [0.29, 0.717) is 16.3 Å². The van der Waals surface area contributed by atoms with Crippen LogP contribution in [0.2, 0.25) is 0 Å². The van der Waals surface area contributed by atoms with Gasteiger partial charge in [0.05, 0.1) is 10.4 Å². The van der Waals surface area contributed by atoms with Crippen LogP contribution >= 0.6 is 0 Å². The normalized spacial score (nSPS) is 13.8. The van der Waals surface area contributed by atoms with Crippen LogP contribution in [0.3, 0.4) is 0 Å². The van der Waals surface area contributed by atoms with Gasteiger partial charge in [-0.15, -0.1) is 0 Å². The first-order valence-electron chi connectivity index (χ1n) is 7.16. The van der Waals surface area contributed by atoms with Crippen LogP contribution < -0.4 is 0 Å². The Labute approximate surface area is 120 Å². The van der Waals surface area contributed by atoms with Crippen molar-refractivity contribution in [1.82, 2.24) is 9.97 Å².